The summed E-state index contributed by atoms with van der Waals surface area (Å²) in [6, 6.07) is 0. The van der Waals surface area contributed by atoms with Crippen LogP contribution in [-0.2, 0) is 4.74 Å². The van der Waals surface area contributed by atoms with Crippen LogP contribution in [0.3, 0.4) is 0 Å². The number of aromatic nitrogens is 4. The number of rotatable bonds is 5. The van der Waals surface area contributed by atoms with Gasteiger partial charge in [0.15, 0.2) is 23.6 Å². The maximum absolute atomic E-state index is 14.6. The van der Waals surface area contributed by atoms with Crippen molar-refractivity contribution < 1.29 is 24.1 Å². The van der Waals surface area contributed by atoms with Gasteiger partial charge in [0.25, 0.3) is 0 Å². The molecule has 0 radical (unpaired) electrons. The predicted octanol–water partition coefficient (Wildman–Crippen LogP) is 0.678. The Bertz CT molecular complexity index is 767. The molecule has 0 aliphatic carbocycles. The highest BCUT2D eigenvalue weighted by Crippen LogP contribution is 2.41. The first-order chi connectivity index (χ1) is 11.5. The van der Waals surface area contributed by atoms with Crippen molar-refractivity contribution in [3.63, 3.8) is 0 Å². The molecule has 9 heteroatoms. The van der Waals surface area contributed by atoms with Crippen molar-refractivity contribution in [2.75, 3.05) is 13.2 Å². The second-order valence-corrected chi connectivity index (χ2v) is 5.55. The molecule has 0 aromatic carbocycles. The maximum Gasteiger partial charge on any atom is 0.245 e. The highest BCUT2D eigenvalue weighted by Gasteiger charge is 2.54. The maximum atomic E-state index is 14.6. The summed E-state index contributed by atoms with van der Waals surface area (Å²) in [4.78, 5) is 12.6. The highest BCUT2D eigenvalue weighted by molar-refractivity contribution is 5.76. The minimum atomic E-state index is -1.79. The number of nitrogens with zero attached hydrogens (tertiary/aromatic N) is 4. The van der Waals surface area contributed by atoms with Crippen LogP contribution < -0.4 is 4.74 Å². The fourth-order valence-electron chi connectivity index (χ4n) is 2.78. The normalized spacial score (nSPS) is 30.0. The first-order valence-electron chi connectivity index (χ1n) is 7.55. The van der Waals surface area contributed by atoms with Gasteiger partial charge in [-0.2, -0.15) is 4.98 Å². The van der Waals surface area contributed by atoms with Gasteiger partial charge in [-0.05, 0) is 13.8 Å². The number of aryl methyl sites for hydroxylation is 1. The van der Waals surface area contributed by atoms with E-state index in [2.05, 4.69) is 21.5 Å². The molecule has 3 heterocycles. The van der Waals surface area contributed by atoms with Gasteiger partial charge >= 0.3 is 0 Å². The number of aliphatic hydroxyl groups excluding tert-OH is 2. The quantitative estimate of drug-likeness (QED) is 0.773. The minimum Gasteiger partial charge on any atom is -0.476 e. The van der Waals surface area contributed by atoms with Gasteiger partial charge in [-0.1, -0.05) is 6.08 Å². The van der Waals surface area contributed by atoms with Gasteiger partial charge in [0.1, 0.15) is 17.5 Å². The van der Waals surface area contributed by atoms with Crippen molar-refractivity contribution in [3.05, 3.63) is 24.8 Å². The van der Waals surface area contributed by atoms with Crippen LogP contribution in [0.15, 0.2) is 19.0 Å². The van der Waals surface area contributed by atoms with E-state index in [4.69, 9.17) is 9.47 Å². The molecule has 1 saturated heterocycles. The average molecular weight is 338 g/mol. The summed E-state index contributed by atoms with van der Waals surface area (Å²) < 4.78 is 27.0. The molecule has 1 aliphatic heterocycles. The van der Waals surface area contributed by atoms with Crippen LogP contribution in [0.2, 0.25) is 0 Å². The molecule has 0 saturated carbocycles. The third-order valence-corrected chi connectivity index (χ3v) is 4.06. The van der Waals surface area contributed by atoms with Crippen molar-refractivity contribution in [2.45, 2.75) is 38.0 Å². The summed E-state index contributed by atoms with van der Waals surface area (Å²) in [5.74, 6) is 0.726. The Morgan fingerprint density at radius 1 is 1.54 bits per heavy atom. The fourth-order valence-corrected chi connectivity index (χ4v) is 2.78. The molecular weight excluding hydrogens is 319 g/mol. The number of halogens is 1. The van der Waals surface area contributed by atoms with Crippen molar-refractivity contribution in [1.82, 2.24) is 19.5 Å². The summed E-state index contributed by atoms with van der Waals surface area (Å²) in [6.45, 7) is 6.81. The molecule has 130 valence electrons. The second kappa shape index (κ2) is 6.08. The number of imidazole rings is 1. The monoisotopic (exact) mass is 338 g/mol. The third kappa shape index (κ3) is 2.36. The van der Waals surface area contributed by atoms with E-state index in [1.165, 1.54) is 17.0 Å². The van der Waals surface area contributed by atoms with E-state index in [1.807, 2.05) is 6.92 Å². The van der Waals surface area contributed by atoms with E-state index in [9.17, 15) is 14.6 Å². The molecule has 2 N–H and O–H groups in total. The van der Waals surface area contributed by atoms with E-state index >= 15 is 0 Å². The van der Waals surface area contributed by atoms with E-state index in [-0.39, 0.29) is 0 Å². The number of alkyl halides is 1. The Balaban J connectivity index is 2.09. The lowest BCUT2D eigenvalue weighted by Gasteiger charge is -2.25. The van der Waals surface area contributed by atoms with Crippen LogP contribution in [0.4, 0.5) is 4.39 Å². The van der Waals surface area contributed by atoms with E-state index < -0.39 is 30.7 Å². The smallest absolute Gasteiger partial charge is 0.245 e. The number of ether oxygens (including phenoxy) is 2. The molecule has 0 amide bonds. The largest absolute Gasteiger partial charge is 0.476 e. The predicted molar refractivity (Wildman–Crippen MR) is 82.3 cm³/mol. The standard InChI is InChI=1S/C15H19FN4O4/c1-4-15(6-21)11(22)9(16)14(24-15)20-7-17-10-12(20)18-8(3)19-13(10)23-5-2/h4,7,9,11,14,21-22H,1,5-6H2,2-3H3/t9-,11+,14-,15-/m1/s1. The summed E-state index contributed by atoms with van der Waals surface area (Å²) in [5.41, 5.74) is -0.887. The zero-order chi connectivity index (χ0) is 17.5. The SMILES string of the molecule is C=C[C@]1(CO)O[C@@H](n2cnc3c(OCC)nc(C)nc32)[C@H](F)[C@@H]1O. The van der Waals surface area contributed by atoms with Crippen molar-refractivity contribution >= 4 is 11.2 Å². The molecule has 4 atom stereocenters. The van der Waals surface area contributed by atoms with Crippen LogP contribution in [-0.4, -0.2) is 60.8 Å². The molecular formula is C15H19FN4O4. The molecule has 1 fully saturated rings. The summed E-state index contributed by atoms with van der Waals surface area (Å²) in [5, 5.41) is 19.6. The van der Waals surface area contributed by atoms with Gasteiger partial charge in [-0.3, -0.25) is 4.57 Å². The van der Waals surface area contributed by atoms with Crippen LogP contribution in [0.1, 0.15) is 19.0 Å². The van der Waals surface area contributed by atoms with Gasteiger partial charge in [-0.25, -0.2) is 14.4 Å². The van der Waals surface area contributed by atoms with E-state index in [1.54, 1.807) is 6.92 Å². The molecule has 8 nitrogen and oxygen atoms in total. The van der Waals surface area contributed by atoms with Gasteiger partial charge in [-0.15, -0.1) is 6.58 Å². The van der Waals surface area contributed by atoms with Crippen molar-refractivity contribution in [2.24, 2.45) is 0 Å². The summed E-state index contributed by atoms with van der Waals surface area (Å²) >= 11 is 0. The Labute approximate surface area is 137 Å². The zero-order valence-corrected chi connectivity index (χ0v) is 13.4. The molecule has 3 rings (SSSR count). The Morgan fingerprint density at radius 2 is 2.29 bits per heavy atom. The number of fused-ring (bicyclic) bond motifs is 1. The molecule has 2 aromatic heterocycles. The number of hydrogen-bond acceptors (Lipinski definition) is 7. The van der Waals surface area contributed by atoms with Crippen LogP contribution in [0.25, 0.3) is 11.2 Å². The lowest BCUT2D eigenvalue weighted by atomic mass is 9.97. The molecule has 0 unspecified atom stereocenters. The van der Waals surface area contributed by atoms with Gasteiger partial charge < -0.3 is 19.7 Å². The van der Waals surface area contributed by atoms with Gasteiger partial charge in [0.2, 0.25) is 5.88 Å². The number of hydrogen-bond donors (Lipinski definition) is 2. The average Bonchev–Trinajstić information content (AvgIpc) is 3.09. The van der Waals surface area contributed by atoms with Crippen molar-refractivity contribution in [1.29, 1.82) is 0 Å². The first-order valence-corrected chi connectivity index (χ1v) is 7.55. The zero-order valence-electron chi connectivity index (χ0n) is 13.4. The Hall–Kier alpha value is -2.10. The van der Waals surface area contributed by atoms with Crippen molar-refractivity contribution in [3.8, 4) is 5.88 Å². The van der Waals surface area contributed by atoms with E-state index in [0.29, 0.717) is 29.5 Å². The topological polar surface area (TPSA) is 103 Å². The first kappa shape index (κ1) is 16.7. The highest BCUT2D eigenvalue weighted by atomic mass is 19.1. The Morgan fingerprint density at radius 3 is 2.88 bits per heavy atom. The van der Waals surface area contributed by atoms with Crippen LogP contribution in [0.5, 0.6) is 5.88 Å². The molecule has 0 bridgehead atoms. The summed E-state index contributed by atoms with van der Waals surface area (Å²) in [6.07, 6.45) is -2.01. The molecule has 1 aliphatic rings. The number of aliphatic hydroxyl groups is 2. The van der Waals surface area contributed by atoms with Gasteiger partial charge in [0.05, 0.1) is 19.5 Å². The van der Waals surface area contributed by atoms with E-state index in [0.717, 1.165) is 0 Å². The van der Waals surface area contributed by atoms with Gasteiger partial charge in [0, 0.05) is 0 Å². The summed E-state index contributed by atoms with van der Waals surface area (Å²) in [7, 11) is 0. The molecule has 0 spiro atoms. The lowest BCUT2D eigenvalue weighted by molar-refractivity contribution is -0.0960. The third-order valence-electron chi connectivity index (χ3n) is 4.06. The minimum absolute atomic E-state index is 0.296. The molecule has 24 heavy (non-hydrogen) atoms. The van der Waals surface area contributed by atoms with Crippen LogP contribution in [0, 0.1) is 6.92 Å². The second-order valence-electron chi connectivity index (χ2n) is 5.55. The lowest BCUT2D eigenvalue weighted by Crippen LogP contribution is -2.43. The Kier molecular flexibility index (Phi) is 4.24. The fraction of sp³-hybridized carbons (Fsp3) is 0.533. The molecule has 2 aromatic rings. The van der Waals surface area contributed by atoms with Crippen LogP contribution >= 0.6 is 0 Å².